The van der Waals surface area contributed by atoms with Crippen molar-refractivity contribution in [1.82, 2.24) is 0 Å². The molecule has 116 valence electrons. The summed E-state index contributed by atoms with van der Waals surface area (Å²) >= 11 is 0. The summed E-state index contributed by atoms with van der Waals surface area (Å²) in [6.07, 6.45) is 9.35. The minimum absolute atomic E-state index is 0. The molecule has 0 aromatic rings. The van der Waals surface area contributed by atoms with Crippen LogP contribution in [-0.4, -0.2) is 99.4 Å². The average Bonchev–Trinajstić information content (AvgIpc) is 3.10. The second-order valence-electron chi connectivity index (χ2n) is 4.32. The van der Waals surface area contributed by atoms with E-state index in [-0.39, 0.29) is 75.5 Å². The Morgan fingerprint density at radius 2 is 0.667 bits per heavy atom. The summed E-state index contributed by atoms with van der Waals surface area (Å²) in [5.74, 6) is -6.71. The van der Waals surface area contributed by atoms with Crippen molar-refractivity contribution in [2.24, 2.45) is 10.8 Å². The number of rotatable bonds is 4. The number of aliphatic carboxylic acids is 4. The number of carbonyl (C=O) groups excluding carboxylic acids is 4. The van der Waals surface area contributed by atoms with E-state index in [9.17, 15) is 39.6 Å². The molecule has 0 spiro atoms. The van der Waals surface area contributed by atoms with Crippen molar-refractivity contribution in [3.8, 4) is 0 Å². The van der Waals surface area contributed by atoms with Gasteiger partial charge in [0, 0.05) is 0 Å². The standard InChI is InChI=1S/2C7H6O4.2Ca/c2*8-5(9)7(6(10)11)3-1-2-4-7;;/h2*1-4H,(H,8,9)(H,10,11);;/q;;2*+2/p-4. The van der Waals surface area contributed by atoms with Gasteiger partial charge in [0.25, 0.3) is 0 Å². The second kappa shape index (κ2) is 10.4. The van der Waals surface area contributed by atoms with Gasteiger partial charge in [-0.05, 0) is 0 Å². The van der Waals surface area contributed by atoms with E-state index in [1.807, 2.05) is 0 Å². The van der Waals surface area contributed by atoms with E-state index in [2.05, 4.69) is 0 Å². The van der Waals surface area contributed by atoms with Crippen molar-refractivity contribution in [1.29, 1.82) is 0 Å². The second-order valence-corrected chi connectivity index (χ2v) is 4.32. The van der Waals surface area contributed by atoms with E-state index >= 15 is 0 Å². The van der Waals surface area contributed by atoms with Crippen molar-refractivity contribution < 1.29 is 39.6 Å². The SMILES string of the molecule is O=C([O-])C1(C(=O)[O-])C=CC=C1.O=C([O-])C1(C(=O)[O-])C=CC=C1.[Ca+2].[Ca+2]. The molecule has 24 heavy (non-hydrogen) atoms. The first kappa shape index (κ1) is 25.6. The average molecular weight is 384 g/mol. The van der Waals surface area contributed by atoms with E-state index in [0.29, 0.717) is 0 Å². The molecule has 0 radical (unpaired) electrons. The van der Waals surface area contributed by atoms with Gasteiger partial charge >= 0.3 is 75.5 Å². The molecule has 0 N–H and O–H groups in total. The van der Waals surface area contributed by atoms with Crippen LogP contribution in [0.4, 0.5) is 0 Å². The number of allylic oxidation sites excluding steroid dienone is 4. The maximum atomic E-state index is 10.3. The van der Waals surface area contributed by atoms with Gasteiger partial charge in [0.1, 0.15) is 0 Å². The molecular weight excluding hydrogens is 376 g/mol. The Kier molecular flexibility index (Phi) is 11.1. The van der Waals surface area contributed by atoms with Crippen LogP contribution < -0.4 is 20.4 Å². The predicted molar refractivity (Wildman–Crippen MR) is 73.0 cm³/mol. The Morgan fingerprint density at radius 3 is 0.750 bits per heavy atom. The molecule has 0 atom stereocenters. The Bertz CT molecular complexity index is 533. The van der Waals surface area contributed by atoms with Gasteiger partial charge in [-0.3, -0.25) is 0 Å². The monoisotopic (exact) mass is 384 g/mol. The van der Waals surface area contributed by atoms with Crippen LogP contribution in [-0.2, 0) is 19.2 Å². The molecule has 2 aliphatic carbocycles. The molecule has 2 rings (SSSR count). The summed E-state index contributed by atoms with van der Waals surface area (Å²) < 4.78 is 0. The van der Waals surface area contributed by atoms with Crippen LogP contribution in [0.25, 0.3) is 0 Å². The molecule has 0 bridgehead atoms. The van der Waals surface area contributed by atoms with E-state index < -0.39 is 34.7 Å². The van der Waals surface area contributed by atoms with Gasteiger partial charge in [-0.25, -0.2) is 0 Å². The number of carboxylic acids is 4. The molecule has 0 saturated heterocycles. The zero-order chi connectivity index (χ0) is 17.0. The predicted octanol–water partition coefficient (Wildman–Crippen LogP) is -5.56. The van der Waals surface area contributed by atoms with E-state index in [1.165, 1.54) is 24.3 Å². The van der Waals surface area contributed by atoms with Crippen molar-refractivity contribution in [2.45, 2.75) is 0 Å². The zero-order valence-electron chi connectivity index (χ0n) is 12.3. The molecule has 0 unspecified atom stereocenters. The first-order chi connectivity index (χ1) is 10.2. The summed E-state index contributed by atoms with van der Waals surface area (Å²) in [6, 6.07) is 0. The van der Waals surface area contributed by atoms with Crippen molar-refractivity contribution in [2.75, 3.05) is 0 Å². The molecule has 0 amide bonds. The van der Waals surface area contributed by atoms with Crippen LogP contribution >= 0.6 is 0 Å². The number of hydrogen-bond donors (Lipinski definition) is 0. The summed E-state index contributed by atoms with van der Waals surface area (Å²) in [6.45, 7) is 0. The number of carbonyl (C=O) groups is 4. The normalized spacial score (nSPS) is 17.0. The van der Waals surface area contributed by atoms with Crippen LogP contribution in [0.1, 0.15) is 0 Å². The van der Waals surface area contributed by atoms with Gasteiger partial charge in [0.2, 0.25) is 0 Å². The Labute approximate surface area is 196 Å². The van der Waals surface area contributed by atoms with Gasteiger partial charge in [0.05, 0.1) is 34.7 Å². The molecule has 0 heterocycles. The van der Waals surface area contributed by atoms with E-state index in [1.54, 1.807) is 0 Å². The van der Waals surface area contributed by atoms with Crippen molar-refractivity contribution >= 4 is 99.4 Å². The first-order valence-electron chi connectivity index (χ1n) is 5.79. The molecule has 0 aliphatic heterocycles. The topological polar surface area (TPSA) is 161 Å². The molecule has 0 aromatic heterocycles. The maximum absolute atomic E-state index is 10.3. The van der Waals surface area contributed by atoms with E-state index in [0.717, 1.165) is 24.3 Å². The van der Waals surface area contributed by atoms with Gasteiger partial charge in [0.15, 0.2) is 0 Å². The third-order valence-electron chi connectivity index (χ3n) is 3.01. The van der Waals surface area contributed by atoms with Gasteiger partial charge in [-0.2, -0.15) is 0 Å². The van der Waals surface area contributed by atoms with Crippen molar-refractivity contribution in [3.05, 3.63) is 48.6 Å². The van der Waals surface area contributed by atoms with Crippen molar-refractivity contribution in [3.63, 3.8) is 0 Å². The smallest absolute Gasteiger partial charge is 0.548 e. The van der Waals surface area contributed by atoms with Crippen LogP contribution in [0.3, 0.4) is 0 Å². The fraction of sp³-hybridized carbons (Fsp3) is 0.143. The van der Waals surface area contributed by atoms with Crippen LogP contribution in [0.15, 0.2) is 48.6 Å². The maximum Gasteiger partial charge on any atom is 2.00 e. The fourth-order valence-electron chi connectivity index (χ4n) is 1.65. The van der Waals surface area contributed by atoms with Crippen LogP contribution in [0.2, 0.25) is 0 Å². The van der Waals surface area contributed by atoms with E-state index in [4.69, 9.17) is 0 Å². The molecular formula is C14H8Ca2O8. The molecule has 10 heteroatoms. The number of carboxylic acid groups (broad SMARTS) is 4. The molecule has 2 aliphatic rings. The largest absolute Gasteiger partial charge is 2.00 e. The Balaban J connectivity index is 0. The van der Waals surface area contributed by atoms with Gasteiger partial charge in [-0.1, -0.05) is 48.6 Å². The molecule has 0 aromatic carbocycles. The van der Waals surface area contributed by atoms with Gasteiger partial charge in [-0.15, -0.1) is 0 Å². The fourth-order valence-corrected chi connectivity index (χ4v) is 1.65. The Morgan fingerprint density at radius 1 is 0.500 bits per heavy atom. The van der Waals surface area contributed by atoms with Crippen LogP contribution in [0, 0.1) is 10.8 Å². The summed E-state index contributed by atoms with van der Waals surface area (Å²) in [7, 11) is 0. The number of hydrogen-bond acceptors (Lipinski definition) is 8. The molecule has 8 nitrogen and oxygen atoms in total. The van der Waals surface area contributed by atoms with Gasteiger partial charge < -0.3 is 39.6 Å². The minimum atomic E-state index is -2.06. The van der Waals surface area contributed by atoms with Crippen LogP contribution in [0.5, 0.6) is 0 Å². The molecule has 0 saturated carbocycles. The summed E-state index contributed by atoms with van der Waals surface area (Å²) in [5.41, 5.74) is -4.11. The minimum Gasteiger partial charge on any atom is -0.548 e. The molecule has 0 fully saturated rings. The quantitative estimate of drug-likeness (QED) is 0.342. The summed E-state index contributed by atoms with van der Waals surface area (Å²) in [4.78, 5) is 41.3. The third kappa shape index (κ3) is 5.18. The zero-order valence-corrected chi connectivity index (χ0v) is 16.7. The third-order valence-corrected chi connectivity index (χ3v) is 3.01. The summed E-state index contributed by atoms with van der Waals surface area (Å²) in [5, 5.41) is 41.3. The first-order valence-corrected chi connectivity index (χ1v) is 5.79. The Hall–Kier alpha value is -0.641.